The lowest BCUT2D eigenvalue weighted by Crippen LogP contribution is -2.59. The van der Waals surface area contributed by atoms with Gasteiger partial charge in [-0.05, 0) is 30.2 Å². The SMILES string of the molecule is O=C(Nc1ccccc1F)N1CCOC2(CN(Cc3ccccc3Cl)CCCO2)C1. The molecule has 1 N–H and O–H groups in total. The molecule has 4 rings (SSSR count). The van der Waals surface area contributed by atoms with Crippen LogP contribution in [0.2, 0.25) is 5.02 Å². The summed E-state index contributed by atoms with van der Waals surface area (Å²) in [5.74, 6) is -1.38. The molecular weight excluding hydrogens is 409 g/mol. The van der Waals surface area contributed by atoms with E-state index >= 15 is 0 Å². The first-order valence-electron chi connectivity index (χ1n) is 10.1. The lowest BCUT2D eigenvalue weighted by molar-refractivity contribution is -0.260. The summed E-state index contributed by atoms with van der Waals surface area (Å²) >= 11 is 6.34. The maximum absolute atomic E-state index is 13.9. The number of carbonyl (C=O) groups is 1. The summed E-state index contributed by atoms with van der Waals surface area (Å²) in [6.07, 6.45) is 0.858. The van der Waals surface area contributed by atoms with Gasteiger partial charge in [0.15, 0.2) is 5.79 Å². The van der Waals surface area contributed by atoms with Crippen molar-refractivity contribution in [3.8, 4) is 0 Å². The number of nitrogens with zero attached hydrogens (tertiary/aromatic N) is 2. The molecule has 2 fully saturated rings. The molecule has 2 saturated heterocycles. The number of hydrogen-bond donors (Lipinski definition) is 1. The molecule has 0 saturated carbocycles. The third kappa shape index (κ3) is 4.92. The maximum Gasteiger partial charge on any atom is 0.322 e. The Hall–Kier alpha value is -2.19. The van der Waals surface area contributed by atoms with Crippen molar-refractivity contribution < 1.29 is 18.7 Å². The van der Waals surface area contributed by atoms with Crippen molar-refractivity contribution in [1.82, 2.24) is 9.80 Å². The van der Waals surface area contributed by atoms with E-state index in [0.29, 0.717) is 32.8 Å². The zero-order valence-corrected chi connectivity index (χ0v) is 17.4. The highest BCUT2D eigenvalue weighted by Gasteiger charge is 2.42. The summed E-state index contributed by atoms with van der Waals surface area (Å²) in [7, 11) is 0. The number of halogens is 2. The molecule has 0 aromatic heterocycles. The minimum absolute atomic E-state index is 0.158. The summed E-state index contributed by atoms with van der Waals surface area (Å²) in [6, 6.07) is 13.5. The highest BCUT2D eigenvalue weighted by molar-refractivity contribution is 6.31. The largest absolute Gasteiger partial charge is 0.347 e. The van der Waals surface area contributed by atoms with E-state index in [1.807, 2.05) is 24.3 Å². The first-order chi connectivity index (χ1) is 14.5. The summed E-state index contributed by atoms with van der Waals surface area (Å²) in [6.45, 7) is 3.61. The molecule has 1 atom stereocenters. The number of anilines is 1. The quantitative estimate of drug-likeness (QED) is 0.796. The van der Waals surface area contributed by atoms with Gasteiger partial charge in [-0.2, -0.15) is 0 Å². The van der Waals surface area contributed by atoms with Crippen LogP contribution in [0, 0.1) is 5.82 Å². The van der Waals surface area contributed by atoms with Gasteiger partial charge in [0.1, 0.15) is 5.82 Å². The molecule has 160 valence electrons. The third-order valence-electron chi connectivity index (χ3n) is 5.36. The molecule has 1 unspecified atom stereocenters. The summed E-state index contributed by atoms with van der Waals surface area (Å²) in [4.78, 5) is 16.6. The number of carbonyl (C=O) groups excluding carboxylic acids is 1. The second-order valence-corrected chi connectivity index (χ2v) is 8.00. The van der Waals surface area contributed by atoms with E-state index < -0.39 is 11.6 Å². The van der Waals surface area contributed by atoms with E-state index in [1.165, 1.54) is 12.1 Å². The van der Waals surface area contributed by atoms with Gasteiger partial charge in [0.2, 0.25) is 0 Å². The van der Waals surface area contributed by atoms with Crippen molar-refractivity contribution in [3.05, 3.63) is 64.9 Å². The zero-order valence-electron chi connectivity index (χ0n) is 16.7. The molecule has 0 bridgehead atoms. The molecule has 2 aromatic rings. The van der Waals surface area contributed by atoms with E-state index in [9.17, 15) is 9.18 Å². The van der Waals surface area contributed by atoms with E-state index in [2.05, 4.69) is 10.2 Å². The topological polar surface area (TPSA) is 54.0 Å². The predicted molar refractivity (Wildman–Crippen MR) is 113 cm³/mol. The zero-order chi connectivity index (χ0) is 21.0. The normalized spacial score (nSPS) is 22.7. The van der Waals surface area contributed by atoms with Crippen molar-refractivity contribution in [2.75, 3.05) is 44.7 Å². The van der Waals surface area contributed by atoms with Gasteiger partial charge >= 0.3 is 6.03 Å². The van der Waals surface area contributed by atoms with Gasteiger partial charge in [-0.15, -0.1) is 0 Å². The maximum atomic E-state index is 13.9. The van der Waals surface area contributed by atoms with Crippen LogP contribution in [-0.2, 0) is 16.0 Å². The van der Waals surface area contributed by atoms with Gasteiger partial charge in [0.25, 0.3) is 0 Å². The van der Waals surface area contributed by atoms with Gasteiger partial charge in [-0.3, -0.25) is 4.90 Å². The molecule has 1 spiro atoms. The molecule has 2 aromatic carbocycles. The van der Waals surface area contributed by atoms with Gasteiger partial charge in [0, 0.05) is 24.7 Å². The van der Waals surface area contributed by atoms with Gasteiger partial charge in [-0.1, -0.05) is 41.9 Å². The molecule has 0 aliphatic carbocycles. The van der Waals surface area contributed by atoms with Crippen LogP contribution in [0.25, 0.3) is 0 Å². The van der Waals surface area contributed by atoms with Gasteiger partial charge in [-0.25, -0.2) is 9.18 Å². The Kier molecular flexibility index (Phi) is 6.53. The van der Waals surface area contributed by atoms with Gasteiger partial charge in [0.05, 0.1) is 32.0 Å². The molecule has 2 amide bonds. The fraction of sp³-hybridized carbons (Fsp3) is 0.409. The first kappa shape index (κ1) is 21.1. The summed E-state index contributed by atoms with van der Waals surface area (Å²) < 4.78 is 26.0. The average Bonchev–Trinajstić information content (AvgIpc) is 2.93. The van der Waals surface area contributed by atoms with Gasteiger partial charge < -0.3 is 19.7 Å². The molecular formula is C22H25ClFN3O3. The summed E-state index contributed by atoms with van der Waals surface area (Å²) in [5, 5.41) is 3.37. The second kappa shape index (κ2) is 9.31. The monoisotopic (exact) mass is 433 g/mol. The van der Waals surface area contributed by atoms with Crippen molar-refractivity contribution in [2.24, 2.45) is 0 Å². The van der Waals surface area contributed by atoms with Crippen molar-refractivity contribution in [1.29, 1.82) is 0 Å². The number of hydrogen-bond acceptors (Lipinski definition) is 4. The molecule has 2 aliphatic rings. The fourth-order valence-corrected chi connectivity index (χ4v) is 4.08. The standard InChI is InChI=1S/C22H25ClFN3O3/c23-18-7-2-1-6-17(18)14-26-10-5-12-29-22(15-26)16-27(11-13-30-22)21(28)25-20-9-4-3-8-19(20)24/h1-4,6-9H,5,10-16H2,(H,25,28). The number of rotatable bonds is 3. The van der Waals surface area contributed by atoms with Crippen LogP contribution in [0.15, 0.2) is 48.5 Å². The Balaban J connectivity index is 1.45. The Morgan fingerprint density at radius 2 is 1.83 bits per heavy atom. The fourth-order valence-electron chi connectivity index (χ4n) is 3.88. The smallest absolute Gasteiger partial charge is 0.322 e. The number of amides is 2. The van der Waals surface area contributed by atoms with E-state index in [0.717, 1.165) is 23.6 Å². The Bertz CT molecular complexity index is 899. The number of benzene rings is 2. The highest BCUT2D eigenvalue weighted by Crippen LogP contribution is 2.27. The number of urea groups is 1. The van der Waals surface area contributed by atoms with Crippen molar-refractivity contribution in [2.45, 2.75) is 18.8 Å². The van der Waals surface area contributed by atoms with Crippen LogP contribution in [0.5, 0.6) is 0 Å². The van der Waals surface area contributed by atoms with Crippen molar-refractivity contribution >= 4 is 23.3 Å². The van der Waals surface area contributed by atoms with E-state index in [1.54, 1.807) is 17.0 Å². The number of nitrogens with one attached hydrogen (secondary N) is 1. The minimum atomic E-state index is -0.914. The third-order valence-corrected chi connectivity index (χ3v) is 5.73. The second-order valence-electron chi connectivity index (χ2n) is 7.59. The van der Waals surface area contributed by atoms with Crippen LogP contribution in [0.4, 0.5) is 14.9 Å². The lowest BCUT2D eigenvalue weighted by atomic mass is 10.1. The minimum Gasteiger partial charge on any atom is -0.347 e. The Morgan fingerprint density at radius 1 is 1.07 bits per heavy atom. The van der Waals surface area contributed by atoms with Crippen LogP contribution in [-0.4, -0.2) is 61.0 Å². The van der Waals surface area contributed by atoms with Crippen LogP contribution < -0.4 is 5.32 Å². The number of para-hydroxylation sites is 1. The van der Waals surface area contributed by atoms with E-state index in [4.69, 9.17) is 21.1 Å². The van der Waals surface area contributed by atoms with Crippen LogP contribution in [0.1, 0.15) is 12.0 Å². The molecule has 8 heteroatoms. The summed E-state index contributed by atoms with van der Waals surface area (Å²) in [5.41, 5.74) is 1.20. The lowest BCUT2D eigenvalue weighted by Gasteiger charge is -2.43. The van der Waals surface area contributed by atoms with Crippen LogP contribution >= 0.6 is 11.6 Å². The average molecular weight is 434 g/mol. The molecule has 2 heterocycles. The molecule has 2 aliphatic heterocycles. The molecule has 0 radical (unpaired) electrons. The number of ether oxygens (including phenoxy) is 2. The van der Waals surface area contributed by atoms with Crippen molar-refractivity contribution in [3.63, 3.8) is 0 Å². The number of morpholine rings is 1. The first-order valence-corrected chi connectivity index (χ1v) is 10.5. The molecule has 30 heavy (non-hydrogen) atoms. The molecule has 6 nitrogen and oxygen atoms in total. The predicted octanol–water partition coefficient (Wildman–Crippen LogP) is 3.96. The van der Waals surface area contributed by atoms with Crippen LogP contribution in [0.3, 0.4) is 0 Å². The Labute approximate surface area is 180 Å². The highest BCUT2D eigenvalue weighted by atomic mass is 35.5. The van der Waals surface area contributed by atoms with E-state index in [-0.39, 0.29) is 18.3 Å². The Morgan fingerprint density at radius 3 is 2.67 bits per heavy atom.